The van der Waals surface area contributed by atoms with Gasteiger partial charge in [-0.2, -0.15) is 4.98 Å². The molecule has 2 aromatic carbocycles. The van der Waals surface area contributed by atoms with Gasteiger partial charge in [-0.25, -0.2) is 13.8 Å². The number of amides is 1. The van der Waals surface area contributed by atoms with Gasteiger partial charge in [-0.15, -0.1) is 11.3 Å². The van der Waals surface area contributed by atoms with E-state index in [1.165, 1.54) is 17.4 Å². The Balaban J connectivity index is 1.26. The molecule has 0 saturated carbocycles. The highest BCUT2D eigenvalue weighted by atomic mass is 79.9. The molecular formula is C27H25BrF2N4O4S. The standard InChI is InChI=1S/C27H25BrF2N4O4S/c1-16(35)34-9-7-33(8-10-34)14-19(36)15-37-23-4-2-17(12-20(23)28)26-31-22-6-11-39-25(22)27(32-26)38-24-5-3-18(29)13-21(24)30/h2-6,11-13,19,36H,7-10,14-15H2,1H3. The summed E-state index contributed by atoms with van der Waals surface area (Å²) in [7, 11) is 0. The number of halogens is 3. The summed E-state index contributed by atoms with van der Waals surface area (Å²) in [5, 5.41) is 12.3. The molecule has 39 heavy (non-hydrogen) atoms. The van der Waals surface area contributed by atoms with Gasteiger partial charge in [0.2, 0.25) is 11.8 Å². The molecule has 1 atom stereocenters. The average molecular weight is 619 g/mol. The van der Waals surface area contributed by atoms with Gasteiger partial charge in [0.15, 0.2) is 17.4 Å². The number of aliphatic hydroxyl groups is 1. The van der Waals surface area contributed by atoms with E-state index in [2.05, 4.69) is 30.8 Å². The van der Waals surface area contributed by atoms with Crippen molar-refractivity contribution < 1.29 is 28.2 Å². The third-order valence-corrected chi connectivity index (χ3v) is 7.79. The zero-order chi connectivity index (χ0) is 27.5. The fourth-order valence-corrected chi connectivity index (χ4v) is 5.48. The quantitative estimate of drug-likeness (QED) is 0.294. The Kier molecular flexibility index (Phi) is 8.36. The lowest BCUT2D eigenvalue weighted by atomic mass is 10.2. The number of benzene rings is 2. The largest absolute Gasteiger partial charge is 0.490 e. The number of hydrogen-bond donors (Lipinski definition) is 1. The number of carbonyl (C=O) groups is 1. The van der Waals surface area contributed by atoms with Gasteiger partial charge in [0.25, 0.3) is 0 Å². The van der Waals surface area contributed by atoms with Crippen LogP contribution in [0, 0.1) is 11.6 Å². The van der Waals surface area contributed by atoms with Crippen molar-refractivity contribution in [2.75, 3.05) is 39.3 Å². The summed E-state index contributed by atoms with van der Waals surface area (Å²) in [4.78, 5) is 24.5. The highest BCUT2D eigenvalue weighted by Crippen LogP contribution is 2.36. The maximum Gasteiger partial charge on any atom is 0.241 e. The Morgan fingerprint density at radius 1 is 1.10 bits per heavy atom. The Morgan fingerprint density at radius 2 is 1.87 bits per heavy atom. The Hall–Kier alpha value is -3.19. The minimum absolute atomic E-state index is 0.0676. The molecule has 1 fully saturated rings. The van der Waals surface area contributed by atoms with Crippen LogP contribution in [-0.2, 0) is 4.79 Å². The van der Waals surface area contributed by atoms with Gasteiger partial charge >= 0.3 is 0 Å². The van der Waals surface area contributed by atoms with Crippen molar-refractivity contribution in [3.8, 4) is 28.8 Å². The molecule has 1 N–H and O–H groups in total. The van der Waals surface area contributed by atoms with Crippen LogP contribution in [0.15, 0.2) is 52.3 Å². The maximum absolute atomic E-state index is 14.2. The van der Waals surface area contributed by atoms with Crippen LogP contribution < -0.4 is 9.47 Å². The van der Waals surface area contributed by atoms with Crippen LogP contribution in [0.1, 0.15) is 6.92 Å². The lowest BCUT2D eigenvalue weighted by molar-refractivity contribution is -0.130. The first-order valence-electron chi connectivity index (χ1n) is 12.2. The third kappa shape index (κ3) is 6.52. The summed E-state index contributed by atoms with van der Waals surface area (Å²) < 4.78 is 40.4. The number of nitrogens with zero attached hydrogens (tertiary/aromatic N) is 4. The van der Waals surface area contributed by atoms with Gasteiger partial charge in [0.1, 0.15) is 29.0 Å². The van der Waals surface area contributed by atoms with Crippen LogP contribution in [0.2, 0.25) is 0 Å². The summed E-state index contributed by atoms with van der Waals surface area (Å²) in [5.41, 5.74) is 1.29. The van der Waals surface area contributed by atoms with Crippen molar-refractivity contribution in [1.82, 2.24) is 19.8 Å². The van der Waals surface area contributed by atoms with E-state index in [1.54, 1.807) is 30.0 Å². The molecule has 0 bridgehead atoms. The van der Waals surface area contributed by atoms with Crippen molar-refractivity contribution >= 4 is 43.4 Å². The minimum atomic E-state index is -0.829. The zero-order valence-electron chi connectivity index (χ0n) is 20.9. The monoisotopic (exact) mass is 618 g/mol. The topological polar surface area (TPSA) is 88.0 Å². The van der Waals surface area contributed by atoms with Gasteiger partial charge < -0.3 is 19.5 Å². The first-order chi connectivity index (χ1) is 18.8. The number of piperazine rings is 1. The number of aliphatic hydroxyl groups excluding tert-OH is 1. The second kappa shape index (κ2) is 11.9. The number of ether oxygens (including phenoxy) is 2. The number of rotatable bonds is 8. The summed E-state index contributed by atoms with van der Waals surface area (Å²) in [6.07, 6.45) is -0.698. The van der Waals surface area contributed by atoms with Gasteiger partial charge in [0, 0.05) is 51.3 Å². The van der Waals surface area contributed by atoms with E-state index in [1.807, 2.05) is 11.4 Å². The van der Waals surface area contributed by atoms with Crippen LogP contribution in [0.5, 0.6) is 17.4 Å². The molecule has 1 amide bonds. The third-order valence-electron chi connectivity index (χ3n) is 6.28. The van der Waals surface area contributed by atoms with E-state index in [9.17, 15) is 18.7 Å². The predicted molar refractivity (Wildman–Crippen MR) is 147 cm³/mol. The van der Waals surface area contributed by atoms with Crippen molar-refractivity contribution in [2.24, 2.45) is 0 Å². The fraction of sp³-hybridized carbons (Fsp3) is 0.296. The molecule has 2 aromatic heterocycles. The zero-order valence-corrected chi connectivity index (χ0v) is 23.3. The first kappa shape index (κ1) is 27.4. The summed E-state index contributed by atoms with van der Waals surface area (Å²) in [5.74, 6) is -0.533. The molecule has 0 spiro atoms. The average Bonchev–Trinajstić information content (AvgIpc) is 3.39. The Bertz CT molecular complexity index is 1500. The van der Waals surface area contributed by atoms with Crippen LogP contribution in [0.3, 0.4) is 0 Å². The van der Waals surface area contributed by atoms with E-state index in [4.69, 9.17) is 9.47 Å². The number of carbonyl (C=O) groups excluding carboxylic acids is 1. The van der Waals surface area contributed by atoms with Gasteiger partial charge in [-0.1, -0.05) is 0 Å². The van der Waals surface area contributed by atoms with E-state index in [0.29, 0.717) is 64.6 Å². The molecule has 1 saturated heterocycles. The van der Waals surface area contributed by atoms with Crippen LogP contribution >= 0.6 is 27.3 Å². The molecule has 204 valence electrons. The normalized spacial score (nSPS) is 14.9. The molecule has 4 aromatic rings. The Labute approximate surface area is 235 Å². The molecule has 1 aliphatic rings. The highest BCUT2D eigenvalue weighted by Gasteiger charge is 2.21. The van der Waals surface area contributed by atoms with E-state index >= 15 is 0 Å². The smallest absolute Gasteiger partial charge is 0.241 e. The lowest BCUT2D eigenvalue weighted by Gasteiger charge is -2.35. The molecule has 1 unspecified atom stereocenters. The fourth-order valence-electron chi connectivity index (χ4n) is 4.24. The van der Waals surface area contributed by atoms with Crippen molar-refractivity contribution in [3.05, 3.63) is 64.0 Å². The van der Waals surface area contributed by atoms with E-state index in [0.717, 1.165) is 12.1 Å². The van der Waals surface area contributed by atoms with Crippen molar-refractivity contribution in [2.45, 2.75) is 13.0 Å². The lowest BCUT2D eigenvalue weighted by Crippen LogP contribution is -2.50. The van der Waals surface area contributed by atoms with Crippen molar-refractivity contribution in [1.29, 1.82) is 0 Å². The number of thiophene rings is 1. The molecule has 0 radical (unpaired) electrons. The summed E-state index contributed by atoms with van der Waals surface area (Å²) in [6, 6.07) is 10.2. The Morgan fingerprint density at radius 3 is 2.59 bits per heavy atom. The summed E-state index contributed by atoms with van der Waals surface area (Å²) in [6.45, 7) is 4.85. The molecule has 1 aliphatic heterocycles. The molecule has 5 rings (SSSR count). The number of hydrogen-bond acceptors (Lipinski definition) is 8. The maximum atomic E-state index is 14.2. The van der Waals surface area contributed by atoms with Gasteiger partial charge in [-0.05, 0) is 57.7 Å². The molecule has 0 aliphatic carbocycles. The van der Waals surface area contributed by atoms with Gasteiger partial charge in [-0.3, -0.25) is 9.69 Å². The van der Waals surface area contributed by atoms with Crippen LogP contribution in [0.4, 0.5) is 8.78 Å². The second-order valence-electron chi connectivity index (χ2n) is 9.08. The van der Waals surface area contributed by atoms with E-state index < -0.39 is 17.7 Å². The van der Waals surface area contributed by atoms with Crippen molar-refractivity contribution in [3.63, 3.8) is 0 Å². The second-order valence-corrected chi connectivity index (χ2v) is 10.9. The van der Waals surface area contributed by atoms with Crippen LogP contribution in [-0.4, -0.2) is 76.2 Å². The SMILES string of the molecule is CC(=O)N1CCN(CC(O)COc2ccc(-c3nc(Oc4ccc(F)cc4F)c4sccc4n3)cc2Br)CC1. The molecule has 8 nitrogen and oxygen atoms in total. The molecule has 12 heteroatoms. The predicted octanol–water partition coefficient (Wildman–Crippen LogP) is 5.10. The number of fused-ring (bicyclic) bond motifs is 1. The summed E-state index contributed by atoms with van der Waals surface area (Å²) >= 11 is 4.87. The number of aromatic nitrogens is 2. The number of β-amino-alcohol motifs (C(OH)–C–C–N with tert-alkyl or cyclic N) is 1. The minimum Gasteiger partial charge on any atom is -0.490 e. The van der Waals surface area contributed by atoms with Gasteiger partial charge in [0.05, 0.1) is 9.99 Å². The molecular weight excluding hydrogens is 594 g/mol. The highest BCUT2D eigenvalue weighted by molar-refractivity contribution is 9.10. The first-order valence-corrected chi connectivity index (χ1v) is 13.9. The van der Waals surface area contributed by atoms with E-state index in [-0.39, 0.29) is 24.1 Å². The molecule has 3 heterocycles. The van der Waals surface area contributed by atoms with Crippen LogP contribution in [0.25, 0.3) is 21.6 Å².